The molecule has 0 saturated carbocycles. The predicted octanol–water partition coefficient (Wildman–Crippen LogP) is 5.55. The van der Waals surface area contributed by atoms with Gasteiger partial charge in [0.1, 0.15) is 5.75 Å². The molecule has 1 rings (SSSR count). The Morgan fingerprint density at radius 2 is 1.87 bits per heavy atom. The lowest BCUT2D eigenvalue weighted by atomic mass is 9.95. The molecule has 0 bridgehead atoms. The van der Waals surface area contributed by atoms with Gasteiger partial charge in [0.2, 0.25) is 0 Å². The quantitative estimate of drug-likeness (QED) is 0.544. The Bertz CT molecular complexity index is 488. The van der Waals surface area contributed by atoms with E-state index >= 15 is 0 Å². The van der Waals surface area contributed by atoms with E-state index in [9.17, 15) is 9.90 Å². The van der Waals surface area contributed by atoms with E-state index in [1.807, 2.05) is 19.1 Å². The van der Waals surface area contributed by atoms with Crippen LogP contribution in [0, 0.1) is 5.92 Å². The second-order valence-corrected chi connectivity index (χ2v) is 5.96. The number of unbranched alkanes of at least 4 members (excludes halogenated alkanes) is 1. The third kappa shape index (κ3) is 6.89. The summed E-state index contributed by atoms with van der Waals surface area (Å²) in [5, 5.41) is 9.20. The van der Waals surface area contributed by atoms with Gasteiger partial charge in [0.05, 0.1) is 13.0 Å². The molecule has 0 heterocycles. The van der Waals surface area contributed by atoms with E-state index < -0.39 is 5.97 Å². The Hall–Kier alpha value is -1.77. The fourth-order valence-corrected chi connectivity index (χ4v) is 2.82. The van der Waals surface area contributed by atoms with E-state index in [1.54, 1.807) is 7.11 Å². The first-order valence-electron chi connectivity index (χ1n) is 8.68. The lowest BCUT2D eigenvalue weighted by Crippen LogP contribution is -2.13. The van der Waals surface area contributed by atoms with Crippen molar-refractivity contribution in [1.29, 1.82) is 0 Å². The first-order valence-corrected chi connectivity index (χ1v) is 8.68. The number of methoxy groups -OCH3 is 1. The fraction of sp³-hybridized carbons (Fsp3) is 0.550. The number of hydrogen-bond donors (Lipinski definition) is 1. The normalized spacial score (nSPS) is 12.9. The molecule has 0 amide bonds. The lowest BCUT2D eigenvalue weighted by Gasteiger charge is -2.11. The molecular formula is C20H30O3. The number of rotatable bonds is 11. The van der Waals surface area contributed by atoms with E-state index in [0.29, 0.717) is 0 Å². The summed E-state index contributed by atoms with van der Waals surface area (Å²) in [7, 11) is 1.67. The number of benzene rings is 1. The maximum absolute atomic E-state index is 11.2. The molecule has 0 radical (unpaired) electrons. The standard InChI is InChI=1S/C20H30O3/c1-4-8-16(17-12-14-19(23-3)15-13-17)10-6-7-11-18(9-5-2)20(21)22/h10,12-15,18H,4-9,11H2,1-3H3,(H,21,22)/b16-10+. The van der Waals surface area contributed by atoms with Crippen molar-refractivity contribution in [2.75, 3.05) is 7.11 Å². The van der Waals surface area contributed by atoms with Crippen LogP contribution < -0.4 is 4.74 Å². The van der Waals surface area contributed by atoms with Gasteiger partial charge in [0.25, 0.3) is 0 Å². The highest BCUT2D eigenvalue weighted by Crippen LogP contribution is 2.24. The summed E-state index contributed by atoms with van der Waals surface area (Å²) in [6.07, 6.45) is 8.77. The maximum Gasteiger partial charge on any atom is 0.306 e. The van der Waals surface area contributed by atoms with Crippen LogP contribution in [0.3, 0.4) is 0 Å². The molecule has 1 aromatic carbocycles. The minimum atomic E-state index is -0.653. The number of carbonyl (C=O) groups is 1. The molecule has 1 N–H and O–H groups in total. The smallest absolute Gasteiger partial charge is 0.306 e. The molecule has 0 aliphatic carbocycles. The van der Waals surface area contributed by atoms with Gasteiger partial charge in [0.15, 0.2) is 0 Å². The molecule has 1 atom stereocenters. The Labute approximate surface area is 140 Å². The molecular weight excluding hydrogens is 288 g/mol. The van der Waals surface area contributed by atoms with E-state index in [-0.39, 0.29) is 5.92 Å². The van der Waals surface area contributed by atoms with Crippen molar-refractivity contribution in [2.24, 2.45) is 5.92 Å². The van der Waals surface area contributed by atoms with E-state index in [2.05, 4.69) is 25.1 Å². The van der Waals surface area contributed by atoms with Crippen molar-refractivity contribution in [3.63, 3.8) is 0 Å². The largest absolute Gasteiger partial charge is 0.497 e. The Morgan fingerprint density at radius 1 is 1.17 bits per heavy atom. The van der Waals surface area contributed by atoms with Gasteiger partial charge in [-0.25, -0.2) is 0 Å². The second-order valence-electron chi connectivity index (χ2n) is 5.96. The third-order valence-electron chi connectivity index (χ3n) is 4.11. The average Bonchev–Trinajstić information content (AvgIpc) is 2.56. The summed E-state index contributed by atoms with van der Waals surface area (Å²) >= 11 is 0. The first-order chi connectivity index (χ1) is 11.1. The van der Waals surface area contributed by atoms with E-state index in [1.165, 1.54) is 11.1 Å². The predicted molar refractivity (Wildman–Crippen MR) is 95.8 cm³/mol. The molecule has 0 saturated heterocycles. The molecule has 3 nitrogen and oxygen atoms in total. The van der Waals surface area contributed by atoms with Crippen LogP contribution in [0.4, 0.5) is 0 Å². The van der Waals surface area contributed by atoms with Crippen LogP contribution in [0.25, 0.3) is 5.57 Å². The van der Waals surface area contributed by atoms with Crippen LogP contribution in [0.1, 0.15) is 64.4 Å². The molecule has 0 aromatic heterocycles. The number of carboxylic acids is 1. The molecule has 0 spiro atoms. The maximum atomic E-state index is 11.2. The zero-order chi connectivity index (χ0) is 17.1. The van der Waals surface area contributed by atoms with Crippen LogP contribution in [-0.2, 0) is 4.79 Å². The summed E-state index contributed by atoms with van der Waals surface area (Å²) in [4.78, 5) is 11.2. The Kier molecular flexibility index (Phi) is 9.11. The van der Waals surface area contributed by atoms with Gasteiger partial charge >= 0.3 is 5.97 Å². The molecule has 128 valence electrons. The third-order valence-corrected chi connectivity index (χ3v) is 4.11. The van der Waals surface area contributed by atoms with Crippen LogP contribution in [0.15, 0.2) is 30.3 Å². The molecule has 0 fully saturated rings. The number of ether oxygens (including phenoxy) is 1. The highest BCUT2D eigenvalue weighted by atomic mass is 16.5. The molecule has 0 aliphatic rings. The van der Waals surface area contributed by atoms with Crippen molar-refractivity contribution in [3.8, 4) is 5.75 Å². The summed E-state index contributed by atoms with van der Waals surface area (Å²) in [5.41, 5.74) is 2.58. The molecule has 0 aliphatic heterocycles. The number of allylic oxidation sites excluding steroid dienone is 2. The van der Waals surface area contributed by atoms with Crippen LogP contribution in [0.5, 0.6) is 5.75 Å². The summed E-state index contributed by atoms with van der Waals surface area (Å²) in [5.74, 6) is 0.0252. The minimum Gasteiger partial charge on any atom is -0.497 e. The number of aliphatic carboxylic acids is 1. The van der Waals surface area contributed by atoms with Crippen LogP contribution in [0.2, 0.25) is 0 Å². The first kappa shape index (κ1) is 19.3. The summed E-state index contributed by atoms with van der Waals surface area (Å²) < 4.78 is 5.20. The average molecular weight is 318 g/mol. The Morgan fingerprint density at radius 3 is 2.39 bits per heavy atom. The van der Waals surface area contributed by atoms with Gasteiger partial charge in [-0.1, -0.05) is 44.9 Å². The molecule has 1 unspecified atom stereocenters. The van der Waals surface area contributed by atoms with Gasteiger partial charge in [-0.3, -0.25) is 4.79 Å². The van der Waals surface area contributed by atoms with Crippen molar-refractivity contribution in [1.82, 2.24) is 0 Å². The minimum absolute atomic E-state index is 0.191. The monoisotopic (exact) mass is 318 g/mol. The highest BCUT2D eigenvalue weighted by molar-refractivity contribution is 5.70. The van der Waals surface area contributed by atoms with Gasteiger partial charge in [-0.05, 0) is 55.4 Å². The highest BCUT2D eigenvalue weighted by Gasteiger charge is 2.15. The fourth-order valence-electron chi connectivity index (χ4n) is 2.82. The second kappa shape index (κ2) is 10.9. The lowest BCUT2D eigenvalue weighted by molar-refractivity contribution is -0.142. The Balaban J connectivity index is 2.62. The SMILES string of the molecule is CCC/C(=C\CCCC(CCC)C(=O)O)c1ccc(OC)cc1. The van der Waals surface area contributed by atoms with E-state index in [4.69, 9.17) is 4.74 Å². The zero-order valence-electron chi connectivity index (χ0n) is 14.7. The molecule has 3 heteroatoms. The van der Waals surface area contributed by atoms with Gasteiger partial charge in [-0.2, -0.15) is 0 Å². The van der Waals surface area contributed by atoms with Crippen molar-refractivity contribution < 1.29 is 14.6 Å². The molecule has 1 aromatic rings. The van der Waals surface area contributed by atoms with Gasteiger partial charge in [0, 0.05) is 0 Å². The van der Waals surface area contributed by atoms with Crippen molar-refractivity contribution in [2.45, 2.75) is 58.8 Å². The van der Waals surface area contributed by atoms with Crippen LogP contribution >= 0.6 is 0 Å². The topological polar surface area (TPSA) is 46.5 Å². The zero-order valence-corrected chi connectivity index (χ0v) is 14.7. The van der Waals surface area contributed by atoms with Crippen molar-refractivity contribution in [3.05, 3.63) is 35.9 Å². The molecule has 23 heavy (non-hydrogen) atoms. The summed E-state index contributed by atoms with van der Waals surface area (Å²) in [6.45, 7) is 4.22. The van der Waals surface area contributed by atoms with Gasteiger partial charge < -0.3 is 9.84 Å². The van der Waals surface area contributed by atoms with Crippen LogP contribution in [-0.4, -0.2) is 18.2 Å². The van der Waals surface area contributed by atoms with E-state index in [0.717, 1.165) is 50.7 Å². The van der Waals surface area contributed by atoms with Crippen molar-refractivity contribution >= 4 is 11.5 Å². The number of hydrogen-bond acceptors (Lipinski definition) is 2. The summed E-state index contributed by atoms with van der Waals surface area (Å²) in [6, 6.07) is 8.16. The van der Waals surface area contributed by atoms with Gasteiger partial charge in [-0.15, -0.1) is 0 Å². The number of carboxylic acid groups (broad SMARTS) is 1.